The van der Waals surface area contributed by atoms with Gasteiger partial charge in [-0.2, -0.15) is 0 Å². The SMILES string of the molecule is Cc1ccc([N+](=O)[O-])cc1NC(C)CS(C)(=O)=O. The van der Waals surface area contributed by atoms with E-state index >= 15 is 0 Å². The van der Waals surface area contributed by atoms with Crippen molar-refractivity contribution >= 4 is 21.2 Å². The average Bonchev–Trinajstić information content (AvgIpc) is 2.18. The lowest BCUT2D eigenvalue weighted by Gasteiger charge is -2.15. The third-order valence-corrected chi connectivity index (χ3v) is 3.49. The molecule has 0 spiro atoms. The van der Waals surface area contributed by atoms with Crippen LogP contribution in [-0.4, -0.2) is 31.4 Å². The first kappa shape index (κ1) is 14.4. The van der Waals surface area contributed by atoms with E-state index in [1.165, 1.54) is 12.1 Å². The number of nitrogens with zero attached hydrogens (tertiary/aromatic N) is 1. The molecule has 0 saturated heterocycles. The van der Waals surface area contributed by atoms with Crippen LogP contribution < -0.4 is 5.32 Å². The lowest BCUT2D eigenvalue weighted by atomic mass is 10.1. The minimum Gasteiger partial charge on any atom is -0.381 e. The van der Waals surface area contributed by atoms with Crippen molar-refractivity contribution in [3.63, 3.8) is 0 Å². The predicted octanol–water partition coefficient (Wildman–Crippen LogP) is 1.75. The van der Waals surface area contributed by atoms with Crippen LogP contribution in [0.1, 0.15) is 12.5 Å². The number of benzene rings is 1. The molecule has 1 rings (SSSR count). The second-order valence-electron chi connectivity index (χ2n) is 4.39. The Morgan fingerprint density at radius 2 is 2.06 bits per heavy atom. The van der Waals surface area contributed by atoms with Crippen LogP contribution in [0.2, 0.25) is 0 Å². The van der Waals surface area contributed by atoms with E-state index in [0.29, 0.717) is 5.69 Å². The number of aryl methyl sites for hydroxylation is 1. The third-order valence-electron chi connectivity index (χ3n) is 2.39. The Kier molecular flexibility index (Phi) is 4.28. The molecule has 1 aromatic carbocycles. The topological polar surface area (TPSA) is 89.3 Å². The highest BCUT2D eigenvalue weighted by molar-refractivity contribution is 7.90. The summed E-state index contributed by atoms with van der Waals surface area (Å²) in [4.78, 5) is 10.2. The molecule has 1 atom stereocenters. The standard InChI is InChI=1S/C11H16N2O4S/c1-8-4-5-10(13(14)15)6-11(8)12-9(2)7-18(3,16)17/h4-6,9,12H,7H2,1-3H3. The number of nitro groups is 1. The van der Waals surface area contributed by atoms with E-state index in [-0.39, 0.29) is 17.5 Å². The molecule has 7 heteroatoms. The highest BCUT2D eigenvalue weighted by Crippen LogP contribution is 2.22. The maximum atomic E-state index is 11.1. The van der Waals surface area contributed by atoms with E-state index < -0.39 is 14.8 Å². The number of sulfone groups is 1. The molecule has 0 amide bonds. The predicted molar refractivity (Wildman–Crippen MR) is 70.6 cm³/mol. The minimum absolute atomic E-state index is 0.0187. The van der Waals surface area contributed by atoms with Gasteiger partial charge in [-0.05, 0) is 19.4 Å². The van der Waals surface area contributed by atoms with Gasteiger partial charge in [-0.1, -0.05) is 6.07 Å². The van der Waals surface area contributed by atoms with Crippen molar-refractivity contribution in [2.45, 2.75) is 19.9 Å². The Balaban J connectivity index is 2.90. The van der Waals surface area contributed by atoms with Crippen molar-refractivity contribution in [3.05, 3.63) is 33.9 Å². The molecule has 0 fully saturated rings. The summed E-state index contributed by atoms with van der Waals surface area (Å²) < 4.78 is 22.3. The van der Waals surface area contributed by atoms with Crippen molar-refractivity contribution in [2.24, 2.45) is 0 Å². The Morgan fingerprint density at radius 1 is 1.44 bits per heavy atom. The van der Waals surface area contributed by atoms with Gasteiger partial charge in [-0.3, -0.25) is 10.1 Å². The van der Waals surface area contributed by atoms with Gasteiger partial charge in [-0.25, -0.2) is 8.42 Å². The number of non-ortho nitro benzene ring substituents is 1. The summed E-state index contributed by atoms with van der Waals surface area (Å²) in [6.07, 6.45) is 1.16. The summed E-state index contributed by atoms with van der Waals surface area (Å²) in [5.74, 6) is -0.0187. The van der Waals surface area contributed by atoms with Crippen LogP contribution in [0, 0.1) is 17.0 Å². The highest BCUT2D eigenvalue weighted by Gasteiger charge is 2.13. The smallest absolute Gasteiger partial charge is 0.271 e. The summed E-state index contributed by atoms with van der Waals surface area (Å²) in [6.45, 7) is 3.53. The first-order valence-corrected chi connectivity index (χ1v) is 7.44. The van der Waals surface area contributed by atoms with Gasteiger partial charge in [0, 0.05) is 30.1 Å². The molecule has 0 heterocycles. The quantitative estimate of drug-likeness (QED) is 0.651. The number of nitrogens with one attached hydrogen (secondary N) is 1. The van der Waals surface area contributed by atoms with Crippen LogP contribution in [0.3, 0.4) is 0 Å². The van der Waals surface area contributed by atoms with Crippen LogP contribution in [0.4, 0.5) is 11.4 Å². The van der Waals surface area contributed by atoms with Gasteiger partial charge in [-0.15, -0.1) is 0 Å². The molecular weight excluding hydrogens is 256 g/mol. The zero-order chi connectivity index (χ0) is 13.9. The van der Waals surface area contributed by atoms with Gasteiger partial charge >= 0.3 is 0 Å². The van der Waals surface area contributed by atoms with E-state index in [1.807, 2.05) is 0 Å². The Hall–Kier alpha value is -1.63. The van der Waals surface area contributed by atoms with Gasteiger partial charge in [0.2, 0.25) is 0 Å². The summed E-state index contributed by atoms with van der Waals surface area (Å²) in [6, 6.07) is 4.16. The molecule has 0 saturated carbocycles. The molecule has 1 aromatic rings. The largest absolute Gasteiger partial charge is 0.381 e. The first-order chi connectivity index (χ1) is 8.19. The number of anilines is 1. The van der Waals surface area contributed by atoms with Crippen LogP contribution in [0.25, 0.3) is 0 Å². The molecule has 0 bridgehead atoms. The number of hydrogen-bond donors (Lipinski definition) is 1. The van der Waals surface area contributed by atoms with E-state index in [2.05, 4.69) is 5.32 Å². The van der Waals surface area contributed by atoms with E-state index in [4.69, 9.17) is 0 Å². The lowest BCUT2D eigenvalue weighted by molar-refractivity contribution is -0.384. The first-order valence-electron chi connectivity index (χ1n) is 5.38. The summed E-state index contributed by atoms with van der Waals surface area (Å²) in [5, 5.41) is 13.6. The van der Waals surface area contributed by atoms with E-state index in [9.17, 15) is 18.5 Å². The normalized spacial score (nSPS) is 13.1. The maximum absolute atomic E-state index is 11.1. The molecule has 0 radical (unpaired) electrons. The fraction of sp³-hybridized carbons (Fsp3) is 0.455. The Morgan fingerprint density at radius 3 is 2.56 bits per heavy atom. The lowest BCUT2D eigenvalue weighted by Crippen LogP contribution is -2.25. The maximum Gasteiger partial charge on any atom is 0.271 e. The van der Waals surface area contributed by atoms with E-state index in [0.717, 1.165) is 11.8 Å². The molecule has 100 valence electrons. The molecule has 1 unspecified atom stereocenters. The van der Waals surface area contributed by atoms with Crippen molar-refractivity contribution in [2.75, 3.05) is 17.3 Å². The minimum atomic E-state index is -3.08. The van der Waals surface area contributed by atoms with E-state index in [1.54, 1.807) is 19.9 Å². The van der Waals surface area contributed by atoms with Crippen LogP contribution in [0.5, 0.6) is 0 Å². The van der Waals surface area contributed by atoms with Crippen molar-refractivity contribution in [1.29, 1.82) is 0 Å². The second kappa shape index (κ2) is 5.34. The molecule has 1 N–H and O–H groups in total. The molecule has 6 nitrogen and oxygen atoms in total. The van der Waals surface area contributed by atoms with Gasteiger partial charge in [0.1, 0.15) is 9.84 Å². The third kappa shape index (κ3) is 4.33. The average molecular weight is 272 g/mol. The molecule has 0 aliphatic heterocycles. The van der Waals surface area contributed by atoms with Crippen LogP contribution in [-0.2, 0) is 9.84 Å². The number of hydrogen-bond acceptors (Lipinski definition) is 5. The molecule has 0 aliphatic carbocycles. The monoisotopic (exact) mass is 272 g/mol. The highest BCUT2D eigenvalue weighted by atomic mass is 32.2. The van der Waals surface area contributed by atoms with Crippen molar-refractivity contribution in [3.8, 4) is 0 Å². The second-order valence-corrected chi connectivity index (χ2v) is 6.58. The zero-order valence-electron chi connectivity index (χ0n) is 10.5. The fourth-order valence-corrected chi connectivity index (χ4v) is 2.63. The van der Waals surface area contributed by atoms with Gasteiger partial charge in [0.25, 0.3) is 5.69 Å². The summed E-state index contributed by atoms with van der Waals surface area (Å²) >= 11 is 0. The van der Waals surface area contributed by atoms with Crippen molar-refractivity contribution in [1.82, 2.24) is 0 Å². The molecular formula is C11H16N2O4S. The fourth-order valence-electron chi connectivity index (χ4n) is 1.64. The molecule has 18 heavy (non-hydrogen) atoms. The zero-order valence-corrected chi connectivity index (χ0v) is 11.3. The van der Waals surface area contributed by atoms with Gasteiger partial charge in [0.05, 0.1) is 10.7 Å². The Bertz CT molecular complexity index is 554. The van der Waals surface area contributed by atoms with Crippen molar-refractivity contribution < 1.29 is 13.3 Å². The summed E-state index contributed by atoms with van der Waals surface area (Å²) in [7, 11) is -3.08. The van der Waals surface area contributed by atoms with Crippen LogP contribution in [0.15, 0.2) is 18.2 Å². The summed E-state index contributed by atoms with van der Waals surface area (Å²) in [5.41, 5.74) is 1.40. The molecule has 0 aromatic heterocycles. The number of nitro benzene ring substituents is 1. The van der Waals surface area contributed by atoms with Crippen LogP contribution >= 0.6 is 0 Å². The number of rotatable bonds is 5. The molecule has 0 aliphatic rings. The van der Waals surface area contributed by atoms with Gasteiger partial charge in [0.15, 0.2) is 0 Å². The van der Waals surface area contributed by atoms with Gasteiger partial charge < -0.3 is 5.32 Å². The Labute approximate surface area is 106 Å².